The van der Waals surface area contributed by atoms with Crippen molar-refractivity contribution in [2.45, 2.75) is 19.1 Å². The van der Waals surface area contributed by atoms with Gasteiger partial charge in [0, 0.05) is 18.5 Å². The Labute approximate surface area is 112 Å². The minimum atomic E-state index is -4.32. The van der Waals surface area contributed by atoms with Gasteiger partial charge in [0.25, 0.3) is 5.56 Å². The van der Waals surface area contributed by atoms with Crippen LogP contribution in [0.3, 0.4) is 0 Å². The SMILES string of the molecule is O=c1c2ccccc2cnn1CCCOCC(F)(F)F. The first-order chi connectivity index (χ1) is 9.47. The molecule has 0 unspecified atom stereocenters. The Bertz CT molecular complexity index is 637. The molecule has 2 aromatic rings. The highest BCUT2D eigenvalue weighted by Crippen LogP contribution is 2.14. The van der Waals surface area contributed by atoms with Crippen molar-refractivity contribution in [1.29, 1.82) is 0 Å². The maximum atomic E-state index is 12.0. The van der Waals surface area contributed by atoms with Gasteiger partial charge in [-0.1, -0.05) is 18.2 Å². The number of hydrogen-bond acceptors (Lipinski definition) is 3. The first-order valence-corrected chi connectivity index (χ1v) is 6.07. The van der Waals surface area contributed by atoms with Crippen LogP contribution in [0, 0.1) is 0 Å². The number of rotatable bonds is 5. The number of aromatic nitrogens is 2. The molecule has 0 aliphatic carbocycles. The van der Waals surface area contributed by atoms with Gasteiger partial charge < -0.3 is 4.74 Å². The van der Waals surface area contributed by atoms with E-state index in [0.29, 0.717) is 11.8 Å². The zero-order chi connectivity index (χ0) is 14.6. The molecular formula is C13H13F3N2O2. The highest BCUT2D eigenvalue weighted by Gasteiger charge is 2.27. The molecule has 0 radical (unpaired) electrons. The highest BCUT2D eigenvalue weighted by atomic mass is 19.4. The maximum Gasteiger partial charge on any atom is 0.411 e. The number of aryl methyl sites for hydroxylation is 1. The van der Waals surface area contributed by atoms with E-state index < -0.39 is 12.8 Å². The lowest BCUT2D eigenvalue weighted by molar-refractivity contribution is -0.174. The number of benzene rings is 1. The van der Waals surface area contributed by atoms with Gasteiger partial charge in [-0.15, -0.1) is 0 Å². The largest absolute Gasteiger partial charge is 0.411 e. The molecule has 0 N–H and O–H groups in total. The summed E-state index contributed by atoms with van der Waals surface area (Å²) in [6.45, 7) is -1.12. The Hall–Kier alpha value is -1.89. The molecule has 0 aliphatic heterocycles. The second-order valence-electron chi connectivity index (χ2n) is 4.28. The fraction of sp³-hybridized carbons (Fsp3) is 0.385. The van der Waals surface area contributed by atoms with Crippen LogP contribution in [-0.4, -0.2) is 29.2 Å². The predicted molar refractivity (Wildman–Crippen MR) is 67.5 cm³/mol. The molecule has 4 nitrogen and oxygen atoms in total. The van der Waals surface area contributed by atoms with Gasteiger partial charge in [0.1, 0.15) is 6.61 Å². The van der Waals surface area contributed by atoms with Crippen molar-refractivity contribution in [3.05, 3.63) is 40.8 Å². The minimum absolute atomic E-state index is 0.0690. The normalized spacial score (nSPS) is 11.9. The predicted octanol–water partition coefficient (Wildman–Crippen LogP) is 2.37. The lowest BCUT2D eigenvalue weighted by Crippen LogP contribution is -2.24. The molecule has 0 atom stereocenters. The van der Waals surface area contributed by atoms with Gasteiger partial charge in [0.15, 0.2) is 0 Å². The Morgan fingerprint density at radius 1 is 1.25 bits per heavy atom. The number of halogens is 3. The van der Waals surface area contributed by atoms with Crippen molar-refractivity contribution < 1.29 is 17.9 Å². The monoisotopic (exact) mass is 286 g/mol. The second-order valence-corrected chi connectivity index (χ2v) is 4.28. The third-order valence-electron chi connectivity index (χ3n) is 2.69. The van der Waals surface area contributed by atoms with E-state index in [1.54, 1.807) is 30.5 Å². The summed E-state index contributed by atoms with van der Waals surface area (Å²) in [6, 6.07) is 7.02. The van der Waals surface area contributed by atoms with Crippen LogP contribution in [0.25, 0.3) is 10.8 Å². The first kappa shape index (κ1) is 14.5. The van der Waals surface area contributed by atoms with Gasteiger partial charge in [-0.3, -0.25) is 4.79 Å². The topological polar surface area (TPSA) is 44.1 Å². The van der Waals surface area contributed by atoms with Crippen LogP contribution in [0.5, 0.6) is 0 Å². The smallest absolute Gasteiger partial charge is 0.372 e. The van der Waals surface area contributed by atoms with Crippen molar-refractivity contribution in [3.8, 4) is 0 Å². The van der Waals surface area contributed by atoms with E-state index in [1.807, 2.05) is 0 Å². The highest BCUT2D eigenvalue weighted by molar-refractivity contribution is 5.80. The van der Waals surface area contributed by atoms with Crippen molar-refractivity contribution >= 4 is 10.8 Å². The molecule has 0 amide bonds. The van der Waals surface area contributed by atoms with E-state index in [4.69, 9.17) is 0 Å². The Morgan fingerprint density at radius 2 is 2.00 bits per heavy atom. The fourth-order valence-corrected chi connectivity index (χ4v) is 1.79. The second kappa shape index (κ2) is 6.04. The van der Waals surface area contributed by atoms with Crippen molar-refractivity contribution in [2.24, 2.45) is 0 Å². The van der Waals surface area contributed by atoms with E-state index in [-0.39, 0.29) is 18.7 Å². The summed E-state index contributed by atoms with van der Waals surface area (Å²) in [4.78, 5) is 12.0. The third kappa shape index (κ3) is 3.80. The van der Waals surface area contributed by atoms with Crippen LogP contribution >= 0.6 is 0 Å². The van der Waals surface area contributed by atoms with E-state index in [0.717, 1.165) is 5.39 Å². The van der Waals surface area contributed by atoms with Crippen LogP contribution in [0.1, 0.15) is 6.42 Å². The summed E-state index contributed by atoms with van der Waals surface area (Å²) >= 11 is 0. The molecule has 0 aliphatic rings. The summed E-state index contributed by atoms with van der Waals surface area (Å²) < 4.78 is 41.3. The van der Waals surface area contributed by atoms with Crippen molar-refractivity contribution in [3.63, 3.8) is 0 Å². The molecule has 1 aromatic carbocycles. The zero-order valence-corrected chi connectivity index (χ0v) is 10.6. The van der Waals surface area contributed by atoms with E-state index >= 15 is 0 Å². The Kier molecular flexibility index (Phi) is 4.39. The summed E-state index contributed by atoms with van der Waals surface area (Å²) in [7, 11) is 0. The lowest BCUT2D eigenvalue weighted by atomic mass is 10.2. The quantitative estimate of drug-likeness (QED) is 0.793. The van der Waals surface area contributed by atoms with E-state index in [1.165, 1.54) is 4.68 Å². The molecule has 0 bridgehead atoms. The van der Waals surface area contributed by atoms with Gasteiger partial charge in [-0.05, 0) is 12.5 Å². The van der Waals surface area contributed by atoms with Crippen LogP contribution in [-0.2, 0) is 11.3 Å². The summed E-state index contributed by atoms with van der Waals surface area (Å²) in [5.41, 5.74) is -0.251. The van der Waals surface area contributed by atoms with Crippen LogP contribution in [0.15, 0.2) is 35.3 Å². The average molecular weight is 286 g/mol. The molecule has 1 heterocycles. The summed E-state index contributed by atoms with van der Waals surface area (Å²) in [5, 5.41) is 5.26. The molecule has 7 heteroatoms. The van der Waals surface area contributed by atoms with Gasteiger partial charge in [0.05, 0.1) is 11.6 Å². The van der Waals surface area contributed by atoms with Crippen LogP contribution < -0.4 is 5.56 Å². The Balaban J connectivity index is 1.94. The summed E-state index contributed by atoms with van der Waals surface area (Å²) in [6.07, 6.45) is -2.47. The third-order valence-corrected chi connectivity index (χ3v) is 2.69. The molecular weight excluding hydrogens is 273 g/mol. The molecule has 0 saturated carbocycles. The van der Waals surface area contributed by atoms with E-state index in [9.17, 15) is 18.0 Å². The first-order valence-electron chi connectivity index (χ1n) is 6.07. The molecule has 0 fully saturated rings. The van der Waals surface area contributed by atoms with Gasteiger partial charge in [-0.2, -0.15) is 18.3 Å². The van der Waals surface area contributed by atoms with E-state index in [2.05, 4.69) is 9.84 Å². The van der Waals surface area contributed by atoms with Gasteiger partial charge in [-0.25, -0.2) is 4.68 Å². The van der Waals surface area contributed by atoms with Gasteiger partial charge in [0.2, 0.25) is 0 Å². The number of alkyl halides is 3. The maximum absolute atomic E-state index is 12.0. The molecule has 0 spiro atoms. The number of fused-ring (bicyclic) bond motifs is 1. The summed E-state index contributed by atoms with van der Waals surface area (Å²) in [5.74, 6) is 0. The zero-order valence-electron chi connectivity index (χ0n) is 10.6. The molecule has 1 aromatic heterocycles. The van der Waals surface area contributed by atoms with Crippen molar-refractivity contribution in [2.75, 3.05) is 13.2 Å². The average Bonchev–Trinajstić information content (AvgIpc) is 2.40. The van der Waals surface area contributed by atoms with Crippen LogP contribution in [0.2, 0.25) is 0 Å². The molecule has 20 heavy (non-hydrogen) atoms. The number of ether oxygens (including phenoxy) is 1. The number of hydrogen-bond donors (Lipinski definition) is 0. The molecule has 0 saturated heterocycles. The van der Waals surface area contributed by atoms with Crippen molar-refractivity contribution in [1.82, 2.24) is 9.78 Å². The molecule has 108 valence electrons. The Morgan fingerprint density at radius 3 is 2.75 bits per heavy atom. The van der Waals surface area contributed by atoms with Crippen LogP contribution in [0.4, 0.5) is 13.2 Å². The molecule has 2 rings (SSSR count). The standard InChI is InChI=1S/C13H13F3N2O2/c14-13(15,16)9-20-7-3-6-18-12(19)11-5-2-1-4-10(11)8-17-18/h1-2,4-5,8H,3,6-7,9H2. The fourth-order valence-electron chi connectivity index (χ4n) is 1.79. The minimum Gasteiger partial charge on any atom is -0.372 e. The van der Waals surface area contributed by atoms with Gasteiger partial charge >= 0.3 is 6.18 Å². The lowest BCUT2D eigenvalue weighted by Gasteiger charge is -2.08. The number of nitrogens with zero attached hydrogens (tertiary/aromatic N) is 2.